The van der Waals surface area contributed by atoms with Crippen LogP contribution in [0, 0.1) is 11.2 Å². The molecular weight excluding hydrogens is 429 g/mol. The van der Waals surface area contributed by atoms with Crippen LogP contribution < -0.4 is 5.32 Å². The van der Waals surface area contributed by atoms with Crippen molar-refractivity contribution in [1.29, 1.82) is 0 Å². The van der Waals surface area contributed by atoms with Gasteiger partial charge in [0.1, 0.15) is 11.6 Å². The molecule has 3 heterocycles. The maximum absolute atomic E-state index is 15.0. The van der Waals surface area contributed by atoms with Crippen LogP contribution in [-0.4, -0.2) is 44.9 Å². The Balaban J connectivity index is 1.43. The van der Waals surface area contributed by atoms with Gasteiger partial charge in [0.25, 0.3) is 5.91 Å². The molecular formula is C24H23ClFN5O. The SMILES string of the molecule is O=C(c1c(F)cccc1-c1ncccn1)N1CCC2(CC2)CC1CNc1ccc(Cl)cn1. The van der Waals surface area contributed by atoms with Crippen molar-refractivity contribution in [1.82, 2.24) is 19.9 Å². The zero-order valence-corrected chi connectivity index (χ0v) is 18.2. The summed E-state index contributed by atoms with van der Waals surface area (Å²) in [6.45, 7) is 1.14. The zero-order valence-electron chi connectivity index (χ0n) is 17.5. The van der Waals surface area contributed by atoms with Crippen LogP contribution in [0.5, 0.6) is 0 Å². The molecule has 1 aliphatic carbocycles. The highest BCUT2D eigenvalue weighted by molar-refractivity contribution is 6.30. The third kappa shape index (κ3) is 4.17. The van der Waals surface area contributed by atoms with Gasteiger partial charge >= 0.3 is 0 Å². The van der Waals surface area contributed by atoms with Crippen LogP contribution in [0.2, 0.25) is 5.02 Å². The number of hydrogen-bond acceptors (Lipinski definition) is 5. The van der Waals surface area contributed by atoms with Crippen molar-refractivity contribution < 1.29 is 9.18 Å². The summed E-state index contributed by atoms with van der Waals surface area (Å²) >= 11 is 5.93. The Bertz CT molecular complexity index is 1120. The maximum atomic E-state index is 15.0. The number of carbonyl (C=O) groups is 1. The highest BCUT2D eigenvalue weighted by Gasteiger charge is 2.49. The zero-order chi connectivity index (χ0) is 22.1. The molecule has 0 radical (unpaired) electrons. The molecule has 1 N–H and O–H groups in total. The molecule has 32 heavy (non-hydrogen) atoms. The van der Waals surface area contributed by atoms with E-state index < -0.39 is 5.82 Å². The van der Waals surface area contributed by atoms with Gasteiger partial charge in [-0.05, 0) is 55.4 Å². The topological polar surface area (TPSA) is 71.0 Å². The number of likely N-dealkylation sites (tertiary alicyclic amines) is 1. The van der Waals surface area contributed by atoms with Gasteiger partial charge in [0.05, 0.1) is 10.6 Å². The number of piperidine rings is 1. The first-order chi connectivity index (χ1) is 15.5. The van der Waals surface area contributed by atoms with Gasteiger partial charge in [-0.25, -0.2) is 19.3 Å². The molecule has 2 fully saturated rings. The maximum Gasteiger partial charge on any atom is 0.257 e. The van der Waals surface area contributed by atoms with Crippen molar-refractivity contribution in [2.45, 2.75) is 31.7 Å². The van der Waals surface area contributed by atoms with E-state index in [2.05, 4.69) is 20.3 Å². The molecule has 5 rings (SSSR count). The molecule has 1 aliphatic heterocycles. The first-order valence-corrected chi connectivity index (χ1v) is 11.1. The molecule has 2 aliphatic rings. The van der Waals surface area contributed by atoms with Crippen LogP contribution >= 0.6 is 11.6 Å². The van der Waals surface area contributed by atoms with E-state index in [0.717, 1.165) is 12.8 Å². The second kappa shape index (κ2) is 8.47. The average molecular weight is 452 g/mol. The Morgan fingerprint density at radius 1 is 1.12 bits per heavy atom. The molecule has 1 aromatic carbocycles. The second-order valence-electron chi connectivity index (χ2n) is 8.58. The van der Waals surface area contributed by atoms with Gasteiger partial charge in [0, 0.05) is 43.3 Å². The molecule has 6 nitrogen and oxygen atoms in total. The van der Waals surface area contributed by atoms with E-state index in [4.69, 9.17) is 11.6 Å². The van der Waals surface area contributed by atoms with Crippen LogP contribution in [0.25, 0.3) is 11.4 Å². The third-order valence-corrected chi connectivity index (χ3v) is 6.71. The minimum atomic E-state index is -0.558. The van der Waals surface area contributed by atoms with Gasteiger partial charge in [-0.2, -0.15) is 0 Å². The van der Waals surface area contributed by atoms with E-state index in [-0.39, 0.29) is 17.5 Å². The number of anilines is 1. The number of nitrogens with zero attached hydrogens (tertiary/aromatic N) is 4. The molecule has 1 saturated carbocycles. The Hall–Kier alpha value is -3.06. The normalized spacial score (nSPS) is 19.1. The van der Waals surface area contributed by atoms with E-state index in [1.807, 2.05) is 6.07 Å². The lowest BCUT2D eigenvalue weighted by atomic mass is 9.87. The van der Waals surface area contributed by atoms with Crippen LogP contribution in [-0.2, 0) is 0 Å². The van der Waals surface area contributed by atoms with Crippen LogP contribution in [0.4, 0.5) is 10.2 Å². The van der Waals surface area contributed by atoms with Gasteiger partial charge < -0.3 is 10.2 Å². The fourth-order valence-electron chi connectivity index (χ4n) is 4.55. The van der Waals surface area contributed by atoms with Gasteiger partial charge in [-0.3, -0.25) is 4.79 Å². The van der Waals surface area contributed by atoms with Crippen LogP contribution in [0.3, 0.4) is 0 Å². The number of halogens is 2. The van der Waals surface area contributed by atoms with Gasteiger partial charge in [-0.15, -0.1) is 0 Å². The highest BCUT2D eigenvalue weighted by atomic mass is 35.5. The molecule has 1 spiro atoms. The standard InChI is InChI=1S/C24H23ClFN5O/c25-16-5-6-20(29-14-16)30-15-17-13-24(7-8-24)9-12-31(17)23(32)21-18(3-1-4-19(21)26)22-27-10-2-11-28-22/h1-6,10-11,14,17H,7-9,12-13,15H2,(H,29,30). The van der Waals surface area contributed by atoms with Crippen molar-refractivity contribution >= 4 is 23.3 Å². The largest absolute Gasteiger partial charge is 0.368 e. The summed E-state index contributed by atoms with van der Waals surface area (Å²) in [5, 5.41) is 3.89. The lowest BCUT2D eigenvalue weighted by Crippen LogP contribution is -2.50. The Kier molecular flexibility index (Phi) is 5.51. The van der Waals surface area contributed by atoms with Gasteiger partial charge in [0.15, 0.2) is 5.82 Å². The fraction of sp³-hybridized carbons (Fsp3) is 0.333. The van der Waals surface area contributed by atoms with Crippen LogP contribution in [0.15, 0.2) is 55.0 Å². The summed E-state index contributed by atoms with van der Waals surface area (Å²) < 4.78 is 15.0. The summed E-state index contributed by atoms with van der Waals surface area (Å²) in [6, 6.07) is 9.80. The van der Waals surface area contributed by atoms with E-state index in [1.54, 1.807) is 47.8 Å². The first-order valence-electron chi connectivity index (χ1n) is 10.8. The molecule has 1 atom stereocenters. The summed E-state index contributed by atoms with van der Waals surface area (Å²) in [6.07, 6.45) is 8.98. The monoisotopic (exact) mass is 451 g/mol. The van der Waals surface area contributed by atoms with Crippen molar-refractivity contribution in [3.8, 4) is 11.4 Å². The first kappa shape index (κ1) is 20.8. The number of nitrogens with one attached hydrogen (secondary N) is 1. The minimum Gasteiger partial charge on any atom is -0.368 e. The summed E-state index contributed by atoms with van der Waals surface area (Å²) in [7, 11) is 0. The van der Waals surface area contributed by atoms with Crippen molar-refractivity contribution in [3.05, 3.63) is 71.4 Å². The minimum absolute atomic E-state index is 0.0278. The number of rotatable bonds is 5. The summed E-state index contributed by atoms with van der Waals surface area (Å²) in [5.41, 5.74) is 0.755. The molecule has 164 valence electrons. The molecule has 0 bridgehead atoms. The van der Waals surface area contributed by atoms with Crippen molar-refractivity contribution in [2.24, 2.45) is 5.41 Å². The van der Waals surface area contributed by atoms with E-state index in [1.165, 1.54) is 18.9 Å². The number of aromatic nitrogens is 3. The van der Waals surface area contributed by atoms with E-state index in [9.17, 15) is 9.18 Å². The van der Waals surface area contributed by atoms with Gasteiger partial charge in [-0.1, -0.05) is 23.7 Å². The number of amides is 1. The van der Waals surface area contributed by atoms with E-state index >= 15 is 0 Å². The highest BCUT2D eigenvalue weighted by Crippen LogP contribution is 2.55. The number of pyridine rings is 1. The third-order valence-electron chi connectivity index (χ3n) is 6.49. The van der Waals surface area contributed by atoms with Crippen molar-refractivity contribution in [2.75, 3.05) is 18.4 Å². The van der Waals surface area contributed by atoms with E-state index in [0.29, 0.717) is 40.7 Å². The molecule has 1 amide bonds. The lowest BCUT2D eigenvalue weighted by molar-refractivity contribution is 0.0542. The summed E-state index contributed by atoms with van der Waals surface area (Å²) in [5.74, 6) is 0.155. The van der Waals surface area contributed by atoms with Crippen molar-refractivity contribution in [3.63, 3.8) is 0 Å². The smallest absolute Gasteiger partial charge is 0.257 e. The number of benzene rings is 1. The lowest BCUT2D eigenvalue weighted by Gasteiger charge is -2.40. The Labute approximate surface area is 190 Å². The number of hydrogen-bond donors (Lipinski definition) is 1. The fourth-order valence-corrected chi connectivity index (χ4v) is 4.66. The Morgan fingerprint density at radius 2 is 1.94 bits per heavy atom. The predicted molar refractivity (Wildman–Crippen MR) is 121 cm³/mol. The molecule has 1 unspecified atom stereocenters. The van der Waals surface area contributed by atoms with Gasteiger partial charge in [0.2, 0.25) is 0 Å². The number of carbonyl (C=O) groups excluding carboxylic acids is 1. The Morgan fingerprint density at radius 3 is 2.66 bits per heavy atom. The molecule has 2 aromatic heterocycles. The quantitative estimate of drug-likeness (QED) is 0.601. The van der Waals surface area contributed by atoms with Crippen LogP contribution in [0.1, 0.15) is 36.0 Å². The molecule has 1 saturated heterocycles. The summed E-state index contributed by atoms with van der Waals surface area (Å²) in [4.78, 5) is 28.2. The average Bonchev–Trinajstić information content (AvgIpc) is 3.57. The predicted octanol–water partition coefficient (Wildman–Crippen LogP) is 4.83. The molecule has 3 aromatic rings. The molecule has 8 heteroatoms. The second-order valence-corrected chi connectivity index (χ2v) is 9.02.